The van der Waals surface area contributed by atoms with Crippen LogP contribution in [0.5, 0.6) is 0 Å². The molecular weight excluding hydrogens is 231 g/mol. The number of nitrogens with one attached hydrogen (secondary N) is 1. The summed E-state index contributed by atoms with van der Waals surface area (Å²) in [6.45, 7) is 3.34. The van der Waals surface area contributed by atoms with Crippen molar-refractivity contribution in [1.82, 2.24) is 5.32 Å². The summed E-state index contributed by atoms with van der Waals surface area (Å²) in [7, 11) is 3.38. The number of hydrogen-bond acceptors (Lipinski definition) is 5. The van der Waals surface area contributed by atoms with Gasteiger partial charge in [-0.15, -0.1) is 0 Å². The molecule has 0 aromatic carbocycles. The summed E-state index contributed by atoms with van der Waals surface area (Å²) in [5, 5.41) is 3.14. The van der Waals surface area contributed by atoms with Gasteiger partial charge in [0.25, 0.3) is 0 Å². The van der Waals surface area contributed by atoms with Crippen LogP contribution in [-0.2, 0) is 22.1 Å². The van der Waals surface area contributed by atoms with Crippen LogP contribution in [0.4, 0.5) is 0 Å². The Kier molecular flexibility index (Phi) is 28.5. The predicted molar refractivity (Wildman–Crippen MR) is 60.8 cm³/mol. The van der Waals surface area contributed by atoms with E-state index in [2.05, 4.69) is 35.9 Å². The molecular formula is C7H17N2NaO2S2. The van der Waals surface area contributed by atoms with Crippen LogP contribution in [0.2, 0.25) is 0 Å². The third kappa shape index (κ3) is 38.2. The van der Waals surface area contributed by atoms with Crippen LogP contribution in [0, 0.1) is 0 Å². The average Bonchev–Trinajstić information content (AvgIpc) is 2.03. The van der Waals surface area contributed by atoms with Crippen molar-refractivity contribution in [1.29, 1.82) is 0 Å². The van der Waals surface area contributed by atoms with Crippen LogP contribution < -0.4 is 40.6 Å². The third-order valence-corrected chi connectivity index (χ3v) is 0.966. The zero-order chi connectivity index (χ0) is 10.5. The minimum atomic E-state index is 0. The van der Waals surface area contributed by atoms with Gasteiger partial charge >= 0.3 is 29.6 Å². The summed E-state index contributed by atoms with van der Waals surface area (Å²) in [6.07, 6.45) is 0. The quantitative estimate of drug-likeness (QED) is 0.222. The number of ether oxygens (including phenoxy) is 2. The van der Waals surface area contributed by atoms with Gasteiger partial charge in [0.1, 0.15) is 0 Å². The Morgan fingerprint density at radius 3 is 1.79 bits per heavy atom. The second-order valence-electron chi connectivity index (χ2n) is 2.05. The third-order valence-electron chi connectivity index (χ3n) is 0.966. The topological polar surface area (TPSA) is 56.5 Å². The van der Waals surface area contributed by atoms with Crippen LogP contribution in [0.3, 0.4) is 0 Å². The Balaban J connectivity index is -0.000000209. The molecule has 7 heteroatoms. The molecule has 4 nitrogen and oxygen atoms in total. The molecule has 0 fully saturated rings. The first-order valence-electron chi connectivity index (χ1n) is 3.80. The van der Waals surface area contributed by atoms with Gasteiger partial charge in [-0.25, -0.2) is 0 Å². The molecule has 0 spiro atoms. The molecule has 80 valence electrons. The number of methoxy groups -OCH3 is 2. The Labute approximate surface area is 119 Å². The maximum absolute atomic E-state index is 4.82. The molecule has 0 radical (unpaired) electrons. The summed E-state index contributed by atoms with van der Waals surface area (Å²) < 4.78 is 9.72. The van der Waals surface area contributed by atoms with E-state index in [9.17, 15) is 0 Å². The number of hydrogen-bond donors (Lipinski definition) is 2. The van der Waals surface area contributed by atoms with Gasteiger partial charge in [0.15, 0.2) is 0 Å². The van der Waals surface area contributed by atoms with E-state index in [0.29, 0.717) is 0 Å². The fourth-order valence-electron chi connectivity index (χ4n) is 0.473. The van der Waals surface area contributed by atoms with Crippen molar-refractivity contribution in [2.45, 2.75) is 0 Å². The van der Waals surface area contributed by atoms with Crippen LogP contribution in [-0.4, -0.2) is 44.8 Å². The van der Waals surface area contributed by atoms with E-state index in [0.717, 1.165) is 26.3 Å². The van der Waals surface area contributed by atoms with E-state index in [1.54, 1.807) is 14.2 Å². The van der Waals surface area contributed by atoms with Crippen molar-refractivity contribution in [3.63, 3.8) is 0 Å². The molecule has 0 aliphatic heterocycles. The number of thiocarbonyl (C=S) groups is 1. The molecule has 0 heterocycles. The van der Waals surface area contributed by atoms with Crippen LogP contribution >= 0.6 is 12.2 Å². The first kappa shape index (κ1) is 20.4. The van der Waals surface area contributed by atoms with Crippen LogP contribution in [0.1, 0.15) is 0 Å². The van der Waals surface area contributed by atoms with Gasteiger partial charge in [-0.3, -0.25) is 0 Å². The smallest absolute Gasteiger partial charge is 0.415 e. The Hall–Kier alpha value is 0.990. The Bertz CT molecular complexity index is 110. The largest absolute Gasteiger partial charge is 1.00 e. The molecule has 0 saturated heterocycles. The summed E-state index contributed by atoms with van der Waals surface area (Å²) in [5.74, 6) is 0. The molecule has 0 atom stereocenters. The molecule has 0 amide bonds. The maximum Gasteiger partial charge on any atom is 1.00 e. The molecule has 0 aliphatic rings. The van der Waals surface area contributed by atoms with Gasteiger partial charge in [0, 0.05) is 27.3 Å². The minimum Gasteiger partial charge on any atom is -0.415 e. The Morgan fingerprint density at radius 2 is 1.57 bits per heavy atom. The summed E-state index contributed by atoms with van der Waals surface area (Å²) in [5.41, 5.74) is 4.66. The van der Waals surface area contributed by atoms with Crippen molar-refractivity contribution >= 4 is 29.2 Å². The van der Waals surface area contributed by atoms with E-state index in [-0.39, 0.29) is 33.9 Å². The van der Waals surface area contributed by atoms with E-state index < -0.39 is 0 Å². The standard InChI is InChI=1S/C6H15NO2.CH3NS2.Na/c1-8-5-3-7-4-6-9-2;2-1(3)4;/h7H,3-6H2,1-2H3;(H3,2,3,4);/q;;+1/p-1. The molecule has 3 N–H and O–H groups in total. The number of nitrogens with two attached hydrogens (primary N) is 1. The normalized spacial score (nSPS) is 8.14. The monoisotopic (exact) mass is 248 g/mol. The predicted octanol–water partition coefficient (Wildman–Crippen LogP) is -3.35. The second kappa shape index (κ2) is 19.5. The summed E-state index contributed by atoms with van der Waals surface area (Å²) in [6, 6.07) is 0. The molecule has 0 aromatic rings. The van der Waals surface area contributed by atoms with Gasteiger partial charge in [0.2, 0.25) is 0 Å². The second-order valence-corrected chi connectivity index (χ2v) is 3.19. The fourth-order valence-corrected chi connectivity index (χ4v) is 0.473. The van der Waals surface area contributed by atoms with Crippen molar-refractivity contribution in [3.05, 3.63) is 0 Å². The van der Waals surface area contributed by atoms with E-state index >= 15 is 0 Å². The van der Waals surface area contributed by atoms with Crippen molar-refractivity contribution < 1.29 is 39.0 Å². The maximum atomic E-state index is 4.82. The molecule has 0 bridgehead atoms. The molecule has 0 aliphatic carbocycles. The molecule has 14 heavy (non-hydrogen) atoms. The van der Waals surface area contributed by atoms with Gasteiger partial charge in [-0.1, -0.05) is 4.32 Å². The molecule has 0 saturated carbocycles. The molecule has 0 rings (SSSR count). The molecule has 0 aromatic heterocycles. The number of rotatable bonds is 6. The van der Waals surface area contributed by atoms with Gasteiger partial charge in [-0.05, 0) is 0 Å². The minimum absolute atomic E-state index is 0. The summed E-state index contributed by atoms with van der Waals surface area (Å²) >= 11 is 8.26. The van der Waals surface area contributed by atoms with Crippen LogP contribution in [0.25, 0.3) is 0 Å². The van der Waals surface area contributed by atoms with E-state index in [4.69, 9.17) is 9.47 Å². The fraction of sp³-hybridized carbons (Fsp3) is 0.857. The van der Waals surface area contributed by atoms with Gasteiger partial charge in [0.05, 0.1) is 13.2 Å². The zero-order valence-electron chi connectivity index (χ0n) is 9.04. The van der Waals surface area contributed by atoms with E-state index in [1.807, 2.05) is 0 Å². The van der Waals surface area contributed by atoms with Crippen LogP contribution in [0.15, 0.2) is 0 Å². The van der Waals surface area contributed by atoms with Gasteiger partial charge in [-0.2, -0.15) is 0 Å². The first-order chi connectivity index (χ1) is 6.15. The first-order valence-corrected chi connectivity index (χ1v) is 4.61. The Morgan fingerprint density at radius 1 is 1.29 bits per heavy atom. The zero-order valence-corrected chi connectivity index (χ0v) is 12.7. The van der Waals surface area contributed by atoms with Gasteiger partial charge < -0.3 is 45.4 Å². The average molecular weight is 248 g/mol. The summed E-state index contributed by atoms with van der Waals surface area (Å²) in [4.78, 5) is 0. The SMILES string of the molecule is COCCNCCOC.NC(=S)[S-].[Na+]. The van der Waals surface area contributed by atoms with Crippen molar-refractivity contribution in [3.8, 4) is 0 Å². The van der Waals surface area contributed by atoms with Crippen molar-refractivity contribution in [2.24, 2.45) is 5.73 Å². The van der Waals surface area contributed by atoms with Crippen molar-refractivity contribution in [2.75, 3.05) is 40.5 Å². The molecule has 0 unspecified atom stereocenters. The van der Waals surface area contributed by atoms with E-state index in [1.165, 1.54) is 0 Å².